The van der Waals surface area contributed by atoms with Gasteiger partial charge in [-0.1, -0.05) is 22.8 Å². The van der Waals surface area contributed by atoms with E-state index in [-0.39, 0.29) is 5.91 Å². The average Bonchev–Trinajstić information content (AvgIpc) is 3.41. The number of aromatic amines is 1. The van der Waals surface area contributed by atoms with Crippen molar-refractivity contribution in [1.82, 2.24) is 29.4 Å². The van der Waals surface area contributed by atoms with Gasteiger partial charge in [0.15, 0.2) is 0 Å². The monoisotopic (exact) mass is 469 g/mol. The van der Waals surface area contributed by atoms with Crippen molar-refractivity contribution in [1.29, 1.82) is 0 Å². The van der Waals surface area contributed by atoms with E-state index in [9.17, 15) is 9.35 Å². The van der Waals surface area contributed by atoms with E-state index in [1.165, 1.54) is 0 Å². The van der Waals surface area contributed by atoms with E-state index >= 15 is 0 Å². The third-order valence-corrected chi connectivity index (χ3v) is 6.83. The number of benzene rings is 1. The first-order valence-corrected chi connectivity index (χ1v) is 11.9. The van der Waals surface area contributed by atoms with Crippen molar-refractivity contribution >= 4 is 51.2 Å². The molecule has 32 heavy (non-hydrogen) atoms. The number of carbonyl (C=O) groups is 1. The van der Waals surface area contributed by atoms with E-state index in [1.807, 2.05) is 23.9 Å². The molecule has 1 aliphatic rings. The molecule has 164 valence electrons. The number of aromatic nitrogens is 5. The maximum absolute atomic E-state index is 12.8. The molecule has 0 saturated carbocycles. The molecule has 4 heterocycles. The first kappa shape index (κ1) is 20.8. The van der Waals surface area contributed by atoms with E-state index in [2.05, 4.69) is 25.3 Å². The smallest absolute Gasteiger partial charge is 0.270 e. The van der Waals surface area contributed by atoms with Gasteiger partial charge in [-0.2, -0.15) is 0 Å². The fraction of sp³-hybridized carbons (Fsp3) is 0.238. The summed E-state index contributed by atoms with van der Waals surface area (Å²) in [6, 6.07) is 7.22. The number of fused-ring (bicyclic) bond motifs is 1. The molecule has 3 aromatic heterocycles. The van der Waals surface area contributed by atoms with E-state index in [0.717, 1.165) is 11.1 Å². The summed E-state index contributed by atoms with van der Waals surface area (Å²) in [7, 11) is 1.90. The van der Waals surface area contributed by atoms with E-state index in [4.69, 9.17) is 11.6 Å². The zero-order valence-corrected chi connectivity index (χ0v) is 18.8. The number of hydrogen-bond donors (Lipinski definition) is 2. The van der Waals surface area contributed by atoms with Gasteiger partial charge in [-0.15, -0.1) is 0 Å². The number of H-pyrrole nitrogens is 1. The van der Waals surface area contributed by atoms with Gasteiger partial charge in [-0.3, -0.25) is 4.79 Å². The Balaban J connectivity index is 1.39. The highest BCUT2D eigenvalue weighted by molar-refractivity contribution is 7.91. The van der Waals surface area contributed by atoms with Crippen molar-refractivity contribution in [2.75, 3.05) is 29.9 Å². The van der Waals surface area contributed by atoms with Gasteiger partial charge in [0.2, 0.25) is 5.95 Å². The van der Waals surface area contributed by atoms with Crippen LogP contribution in [0.2, 0.25) is 5.02 Å². The highest BCUT2D eigenvalue weighted by atomic mass is 35.5. The molecule has 2 N–H and O–H groups in total. The molecule has 0 aliphatic carbocycles. The summed E-state index contributed by atoms with van der Waals surface area (Å²) in [6.45, 7) is 0.983. The molecule has 4 aromatic rings. The molecule has 1 aromatic carbocycles. The molecular weight excluding hydrogens is 450 g/mol. The van der Waals surface area contributed by atoms with Crippen LogP contribution in [0.4, 0.5) is 11.6 Å². The van der Waals surface area contributed by atoms with Crippen LogP contribution in [0.15, 0.2) is 43.0 Å². The average molecular weight is 470 g/mol. The lowest BCUT2D eigenvalue weighted by atomic mass is 10.2. The lowest BCUT2D eigenvalue weighted by Crippen LogP contribution is -2.43. The topological polar surface area (TPSA) is 115 Å². The molecule has 0 spiro atoms. The van der Waals surface area contributed by atoms with Gasteiger partial charge in [-0.25, -0.2) is 15.0 Å². The summed E-state index contributed by atoms with van der Waals surface area (Å²) in [5.41, 5.74) is 3.30. The number of hydrogen-bond acceptors (Lipinski definition) is 6. The maximum atomic E-state index is 12.8. The predicted molar refractivity (Wildman–Crippen MR) is 125 cm³/mol. The quantitative estimate of drug-likeness (QED) is 0.444. The molecule has 5 rings (SSSR count). The molecule has 1 aliphatic heterocycles. The standard InChI is InChI=1S/C21H20ClN7O2S/c1-28-11-18(24-12-28)16-2-3-23-21(27-16)25-14-8-13-9-17(26-19(13)15(22)10-14)20(30)29-4-6-32(31)7-5-29/h2-3,8-12,26H,4-7H2,1H3,(H,23,25,27). The van der Waals surface area contributed by atoms with E-state index < -0.39 is 11.2 Å². The van der Waals surface area contributed by atoms with Crippen LogP contribution in [0.1, 0.15) is 10.5 Å². The van der Waals surface area contributed by atoms with Crippen molar-refractivity contribution in [2.24, 2.45) is 7.05 Å². The number of rotatable bonds is 4. The second-order valence-electron chi connectivity index (χ2n) is 7.56. The molecule has 0 unspecified atom stereocenters. The second-order valence-corrected chi connectivity index (χ2v) is 9.66. The lowest BCUT2D eigenvalue weighted by molar-refractivity contribution is 0.0765. The Morgan fingerprint density at radius 1 is 1.22 bits per heavy atom. The fourth-order valence-electron chi connectivity index (χ4n) is 3.63. The normalized spacial score (nSPS) is 14.8. The van der Waals surface area contributed by atoms with Crippen LogP contribution in [0.5, 0.6) is 0 Å². The van der Waals surface area contributed by atoms with Gasteiger partial charge in [0.1, 0.15) is 22.9 Å². The molecule has 0 bridgehead atoms. The number of aryl methyl sites for hydroxylation is 1. The van der Waals surface area contributed by atoms with Crippen molar-refractivity contribution in [3.8, 4) is 11.4 Å². The molecule has 9 nitrogen and oxygen atoms in total. The van der Waals surface area contributed by atoms with Crippen molar-refractivity contribution in [2.45, 2.75) is 0 Å². The summed E-state index contributed by atoms with van der Waals surface area (Å²) >= 11 is 5.65. The number of carbonyl (C=O) groups excluding carboxylic acids is 1. The van der Waals surface area contributed by atoms with Gasteiger partial charge in [-0.05, 0) is 24.3 Å². The molecule has 11 heteroatoms. The van der Waals surface area contributed by atoms with Crippen molar-refractivity contribution < 1.29 is 9.35 Å². The summed E-state index contributed by atoms with van der Waals surface area (Å²) in [6.07, 6.45) is 5.26. The predicted octanol–water partition coefficient (Wildman–Crippen LogP) is 2.96. The molecule has 1 fully saturated rings. The van der Waals surface area contributed by atoms with Crippen molar-refractivity contribution in [3.63, 3.8) is 0 Å². The second kappa shape index (κ2) is 8.45. The Hall–Kier alpha value is -3.08. The lowest BCUT2D eigenvalue weighted by Gasteiger charge is -2.27. The highest BCUT2D eigenvalue weighted by Gasteiger charge is 2.25. The van der Waals surface area contributed by atoms with Crippen LogP contribution in [-0.2, 0) is 18.2 Å². The minimum atomic E-state index is -0.838. The number of nitrogens with one attached hydrogen (secondary N) is 2. The number of amides is 1. The van der Waals surface area contributed by atoms with Crippen LogP contribution in [0.25, 0.3) is 22.3 Å². The molecule has 0 radical (unpaired) electrons. The van der Waals surface area contributed by atoms with Gasteiger partial charge in [0.25, 0.3) is 5.91 Å². The third-order valence-electron chi connectivity index (χ3n) is 5.25. The number of imidazole rings is 1. The Morgan fingerprint density at radius 2 is 2.03 bits per heavy atom. The van der Waals surface area contributed by atoms with Crippen LogP contribution in [-0.4, -0.2) is 64.5 Å². The van der Waals surface area contributed by atoms with Gasteiger partial charge in [0, 0.05) is 30.5 Å². The Kier molecular flexibility index (Phi) is 5.50. The van der Waals surface area contributed by atoms with E-state index in [0.29, 0.717) is 58.2 Å². The molecule has 1 saturated heterocycles. The molecular formula is C21H20ClN7O2S. The summed E-state index contributed by atoms with van der Waals surface area (Å²) < 4.78 is 13.4. The van der Waals surface area contributed by atoms with Crippen LogP contribution >= 0.6 is 11.6 Å². The minimum Gasteiger partial charge on any atom is -0.616 e. The summed E-state index contributed by atoms with van der Waals surface area (Å²) in [4.78, 5) is 30.8. The van der Waals surface area contributed by atoms with E-state index in [1.54, 1.807) is 35.6 Å². The van der Waals surface area contributed by atoms with Gasteiger partial charge < -0.3 is 24.3 Å². The zero-order valence-electron chi connectivity index (χ0n) is 17.2. The largest absolute Gasteiger partial charge is 0.616 e. The van der Waals surface area contributed by atoms with Crippen LogP contribution in [0, 0.1) is 0 Å². The molecule has 1 amide bonds. The maximum Gasteiger partial charge on any atom is 0.270 e. The Labute approximate surface area is 192 Å². The first-order chi connectivity index (χ1) is 15.5. The number of nitrogens with zero attached hydrogens (tertiary/aromatic N) is 5. The number of anilines is 2. The fourth-order valence-corrected chi connectivity index (χ4v) is 4.96. The Morgan fingerprint density at radius 3 is 2.78 bits per heavy atom. The van der Waals surface area contributed by atoms with Crippen molar-refractivity contribution in [3.05, 3.63) is 53.7 Å². The number of halogens is 1. The third kappa shape index (κ3) is 4.16. The molecule has 0 atom stereocenters. The van der Waals surface area contributed by atoms with Crippen LogP contribution < -0.4 is 5.32 Å². The summed E-state index contributed by atoms with van der Waals surface area (Å²) in [5, 5.41) is 4.45. The summed E-state index contributed by atoms with van der Waals surface area (Å²) in [5.74, 6) is 1.32. The van der Waals surface area contributed by atoms with Gasteiger partial charge in [0.05, 0.1) is 35.7 Å². The van der Waals surface area contributed by atoms with Crippen LogP contribution in [0.3, 0.4) is 0 Å². The highest BCUT2D eigenvalue weighted by Crippen LogP contribution is 2.30. The SMILES string of the molecule is Cn1cnc(-c2ccnc(Nc3cc(Cl)c4[nH]c(C(=O)N5CC[S+]([O-])CC5)cc4c3)n2)c1. The Bertz CT molecular complexity index is 1300. The zero-order chi connectivity index (χ0) is 22.2. The van der Waals surface area contributed by atoms with Gasteiger partial charge >= 0.3 is 0 Å². The minimum absolute atomic E-state index is 0.116. The first-order valence-electron chi connectivity index (χ1n) is 10.0.